The number of benzene rings is 2. The summed E-state index contributed by atoms with van der Waals surface area (Å²) in [5.41, 5.74) is 2.02. The van der Waals surface area contributed by atoms with E-state index in [-0.39, 0.29) is 28.2 Å². The Bertz CT molecular complexity index is 1160. The van der Waals surface area contributed by atoms with Crippen molar-refractivity contribution in [2.45, 2.75) is 25.7 Å². The van der Waals surface area contributed by atoms with Gasteiger partial charge < -0.3 is 4.90 Å². The number of nitro benzene ring substituents is 1. The maximum absolute atomic E-state index is 12.6. The summed E-state index contributed by atoms with van der Waals surface area (Å²) in [5.74, 6) is -0.589. The molecular weight excluding hydrogens is 418 g/mol. The lowest BCUT2D eigenvalue weighted by Crippen LogP contribution is -2.25. The molecule has 0 aliphatic carbocycles. The number of anilines is 2. The third-order valence-corrected chi connectivity index (χ3v) is 6.12. The van der Waals surface area contributed by atoms with E-state index < -0.39 is 10.8 Å². The Morgan fingerprint density at radius 3 is 2.84 bits per heavy atom. The lowest BCUT2D eigenvalue weighted by molar-refractivity contribution is -0.384. The van der Waals surface area contributed by atoms with E-state index in [1.807, 2.05) is 24.3 Å². The average molecular weight is 437 g/mol. The number of hydrogen-bond donors (Lipinski definition) is 1. The summed E-state index contributed by atoms with van der Waals surface area (Å²) in [5, 5.41) is 22.7. The summed E-state index contributed by atoms with van der Waals surface area (Å²) in [6.07, 6.45) is 1.16. The number of nitrogens with one attached hydrogen (secondary N) is 1. The minimum Gasteiger partial charge on any atom is -0.311 e. The van der Waals surface area contributed by atoms with Gasteiger partial charge in [-0.2, -0.15) is 0 Å². The van der Waals surface area contributed by atoms with Crippen LogP contribution < -0.4 is 10.2 Å². The molecule has 0 bridgehead atoms. The number of hydrogen-bond acceptors (Lipinski definition) is 7. The van der Waals surface area contributed by atoms with Gasteiger partial charge >= 0.3 is 0 Å². The molecule has 2 amide bonds. The first-order valence-corrected chi connectivity index (χ1v) is 10.6. The van der Waals surface area contributed by atoms with Gasteiger partial charge in [0.25, 0.3) is 11.6 Å². The van der Waals surface area contributed by atoms with Gasteiger partial charge in [0.1, 0.15) is 5.01 Å². The molecule has 1 unspecified atom stereocenters. The number of carbonyl (C=O) groups excluding carboxylic acids is 2. The molecule has 0 radical (unpaired) electrons. The lowest BCUT2D eigenvalue weighted by Gasteiger charge is -2.19. The molecule has 9 nitrogen and oxygen atoms in total. The highest BCUT2D eigenvalue weighted by molar-refractivity contribution is 7.15. The van der Waals surface area contributed by atoms with Crippen LogP contribution in [0.4, 0.5) is 16.5 Å². The quantitative estimate of drug-likeness (QED) is 0.463. The van der Waals surface area contributed by atoms with E-state index in [1.54, 1.807) is 4.90 Å². The number of nitro groups is 1. The summed E-state index contributed by atoms with van der Waals surface area (Å²) in [7, 11) is 0. The van der Waals surface area contributed by atoms with Crippen LogP contribution in [0.1, 0.15) is 40.2 Å². The van der Waals surface area contributed by atoms with Crippen molar-refractivity contribution < 1.29 is 14.5 Å². The second-order valence-corrected chi connectivity index (χ2v) is 8.10. The zero-order valence-corrected chi connectivity index (χ0v) is 17.5. The average Bonchev–Trinajstić information content (AvgIpc) is 3.40. The van der Waals surface area contributed by atoms with Gasteiger partial charge in [-0.1, -0.05) is 42.5 Å². The number of carbonyl (C=O) groups is 2. The van der Waals surface area contributed by atoms with Gasteiger partial charge in [-0.15, -0.1) is 10.2 Å². The second kappa shape index (κ2) is 8.60. The molecule has 2 aromatic carbocycles. The Hall–Kier alpha value is -3.66. The van der Waals surface area contributed by atoms with E-state index in [1.165, 1.54) is 35.6 Å². The van der Waals surface area contributed by atoms with Crippen molar-refractivity contribution in [2.24, 2.45) is 0 Å². The largest absolute Gasteiger partial charge is 0.311 e. The molecule has 158 valence electrons. The van der Waals surface area contributed by atoms with Crippen molar-refractivity contribution in [3.63, 3.8) is 0 Å². The first kappa shape index (κ1) is 20.6. The third kappa shape index (κ3) is 4.29. The van der Waals surface area contributed by atoms with Crippen LogP contribution in [-0.2, 0) is 11.2 Å². The molecule has 1 N–H and O–H groups in total. The van der Waals surface area contributed by atoms with Gasteiger partial charge in [-0.3, -0.25) is 25.0 Å². The fourth-order valence-electron chi connectivity index (χ4n) is 3.56. The van der Waals surface area contributed by atoms with Crippen LogP contribution in [0, 0.1) is 10.1 Å². The summed E-state index contributed by atoms with van der Waals surface area (Å²) in [6.45, 7) is 2.56. The van der Waals surface area contributed by atoms with Crippen LogP contribution in [0.15, 0.2) is 48.5 Å². The molecule has 1 atom stereocenters. The molecule has 1 fully saturated rings. The Balaban J connectivity index is 1.47. The number of rotatable bonds is 6. The molecule has 1 aliphatic heterocycles. The minimum absolute atomic E-state index is 0.0308. The van der Waals surface area contributed by atoms with Crippen LogP contribution in [-0.4, -0.2) is 33.5 Å². The molecule has 10 heteroatoms. The van der Waals surface area contributed by atoms with Gasteiger partial charge in [-0.05, 0) is 24.1 Å². The van der Waals surface area contributed by atoms with Gasteiger partial charge in [0.2, 0.25) is 11.0 Å². The van der Waals surface area contributed by atoms with Gasteiger partial charge in [0, 0.05) is 42.3 Å². The smallest absolute Gasteiger partial charge is 0.270 e. The number of aryl methyl sites for hydroxylation is 1. The monoisotopic (exact) mass is 437 g/mol. The van der Waals surface area contributed by atoms with E-state index in [0.717, 1.165) is 17.7 Å². The first-order chi connectivity index (χ1) is 15.0. The fraction of sp³-hybridized carbons (Fsp3) is 0.238. The summed E-state index contributed by atoms with van der Waals surface area (Å²) >= 11 is 1.21. The molecule has 1 aliphatic rings. The highest BCUT2D eigenvalue weighted by atomic mass is 32.1. The maximum atomic E-state index is 12.6. The molecule has 4 rings (SSSR count). The number of amides is 2. The number of nitrogens with zero attached hydrogens (tertiary/aromatic N) is 4. The van der Waals surface area contributed by atoms with Crippen LogP contribution in [0.25, 0.3) is 0 Å². The van der Waals surface area contributed by atoms with Gasteiger partial charge in [0.15, 0.2) is 0 Å². The summed E-state index contributed by atoms with van der Waals surface area (Å²) < 4.78 is 0. The van der Waals surface area contributed by atoms with Crippen LogP contribution in [0.3, 0.4) is 0 Å². The Kier molecular flexibility index (Phi) is 5.72. The normalized spacial score (nSPS) is 15.8. The molecule has 2 heterocycles. The second-order valence-electron chi connectivity index (χ2n) is 7.09. The molecule has 0 spiro atoms. The Morgan fingerprint density at radius 2 is 2.06 bits per heavy atom. The molecule has 31 heavy (non-hydrogen) atoms. The number of para-hydroxylation sites is 1. The summed E-state index contributed by atoms with van der Waals surface area (Å²) in [4.78, 5) is 37.2. The van der Waals surface area contributed by atoms with Gasteiger partial charge in [0.05, 0.1) is 4.92 Å². The highest BCUT2D eigenvalue weighted by Crippen LogP contribution is 2.35. The van der Waals surface area contributed by atoms with Crippen LogP contribution in [0.2, 0.25) is 0 Å². The zero-order chi connectivity index (χ0) is 22.0. The van der Waals surface area contributed by atoms with Crippen molar-refractivity contribution in [2.75, 3.05) is 16.8 Å². The van der Waals surface area contributed by atoms with Crippen molar-refractivity contribution in [1.82, 2.24) is 10.2 Å². The SMILES string of the molecule is CCc1ccccc1N1CC(c2nnc(NC(=O)c3cccc([N+](=O)[O-])c3)s2)CC1=O. The van der Waals surface area contributed by atoms with E-state index in [9.17, 15) is 19.7 Å². The lowest BCUT2D eigenvalue weighted by atomic mass is 10.1. The van der Waals surface area contributed by atoms with E-state index >= 15 is 0 Å². The molecule has 3 aromatic rings. The van der Waals surface area contributed by atoms with E-state index in [2.05, 4.69) is 22.4 Å². The standard InChI is InChI=1S/C21H19N5O4S/c1-2-13-6-3-4-9-17(13)25-12-15(11-18(25)27)20-23-24-21(31-20)22-19(28)14-7-5-8-16(10-14)26(29)30/h3-10,15H,2,11-12H2,1H3,(H,22,24,28). The molecular formula is C21H19N5O4S. The van der Waals surface area contributed by atoms with Crippen molar-refractivity contribution in [3.8, 4) is 0 Å². The highest BCUT2D eigenvalue weighted by Gasteiger charge is 2.34. The molecule has 1 saturated heterocycles. The van der Waals surface area contributed by atoms with Crippen molar-refractivity contribution in [1.29, 1.82) is 0 Å². The van der Waals surface area contributed by atoms with Crippen molar-refractivity contribution in [3.05, 3.63) is 74.8 Å². The minimum atomic E-state index is -0.556. The number of aromatic nitrogens is 2. The zero-order valence-electron chi connectivity index (χ0n) is 16.6. The van der Waals surface area contributed by atoms with E-state index in [4.69, 9.17) is 0 Å². The van der Waals surface area contributed by atoms with Crippen LogP contribution >= 0.6 is 11.3 Å². The van der Waals surface area contributed by atoms with Crippen LogP contribution in [0.5, 0.6) is 0 Å². The Labute approximate surface area is 181 Å². The predicted molar refractivity (Wildman–Crippen MR) is 116 cm³/mol. The first-order valence-electron chi connectivity index (χ1n) is 9.73. The number of non-ortho nitro benzene ring substituents is 1. The molecule has 1 aromatic heterocycles. The van der Waals surface area contributed by atoms with E-state index in [0.29, 0.717) is 18.0 Å². The predicted octanol–water partition coefficient (Wildman–Crippen LogP) is 3.78. The maximum Gasteiger partial charge on any atom is 0.270 e. The van der Waals surface area contributed by atoms with Gasteiger partial charge in [-0.25, -0.2) is 0 Å². The summed E-state index contributed by atoms with van der Waals surface area (Å²) in [6, 6.07) is 13.3. The topological polar surface area (TPSA) is 118 Å². The van der Waals surface area contributed by atoms with Crippen molar-refractivity contribution >= 4 is 39.7 Å². The Morgan fingerprint density at radius 1 is 1.26 bits per heavy atom. The fourth-order valence-corrected chi connectivity index (χ4v) is 4.39. The molecule has 0 saturated carbocycles. The third-order valence-electron chi connectivity index (χ3n) is 5.12.